The van der Waals surface area contributed by atoms with E-state index < -0.39 is 10.0 Å². The highest BCUT2D eigenvalue weighted by Gasteiger charge is 2.18. The molecule has 3 N–H and O–H groups in total. The molecule has 20 heavy (non-hydrogen) atoms. The number of sulfonamides is 1. The second-order valence-corrected chi connectivity index (χ2v) is 7.23. The van der Waals surface area contributed by atoms with Crippen LogP contribution in [-0.2, 0) is 10.0 Å². The summed E-state index contributed by atoms with van der Waals surface area (Å²) in [5.74, 6) is 0. The van der Waals surface area contributed by atoms with Gasteiger partial charge in [-0.15, -0.1) is 0 Å². The average molecular weight is 376 g/mol. The van der Waals surface area contributed by atoms with Crippen molar-refractivity contribution in [3.63, 3.8) is 0 Å². The van der Waals surface area contributed by atoms with Gasteiger partial charge in [-0.2, -0.15) is 0 Å². The van der Waals surface area contributed by atoms with Gasteiger partial charge in [0, 0.05) is 10.2 Å². The summed E-state index contributed by atoms with van der Waals surface area (Å²) in [5.41, 5.74) is 6.96. The Morgan fingerprint density at radius 3 is 2.55 bits per heavy atom. The van der Waals surface area contributed by atoms with Crippen LogP contribution in [0.4, 0.5) is 11.4 Å². The number of nitrogens with two attached hydrogens (primary N) is 1. The molecule has 0 bridgehead atoms. The normalized spacial score (nSPS) is 11.3. The van der Waals surface area contributed by atoms with Crippen LogP contribution in [0.2, 0.25) is 5.02 Å². The summed E-state index contributed by atoms with van der Waals surface area (Å²) >= 11 is 9.28. The van der Waals surface area contributed by atoms with E-state index in [1.165, 1.54) is 6.07 Å². The van der Waals surface area contributed by atoms with Gasteiger partial charge in [0.25, 0.3) is 10.0 Å². The number of anilines is 2. The van der Waals surface area contributed by atoms with Gasteiger partial charge in [0.1, 0.15) is 0 Å². The van der Waals surface area contributed by atoms with Crippen LogP contribution in [-0.4, -0.2) is 8.42 Å². The molecule has 0 spiro atoms. The van der Waals surface area contributed by atoms with Crippen molar-refractivity contribution >= 4 is 48.9 Å². The number of nitrogens with one attached hydrogen (secondary N) is 1. The molecule has 2 rings (SSSR count). The molecular formula is C13H12BrClN2O2S. The molecule has 0 atom stereocenters. The number of aryl methyl sites for hydroxylation is 1. The first-order chi connectivity index (χ1) is 9.29. The first-order valence-corrected chi connectivity index (χ1v) is 8.29. The Kier molecular flexibility index (Phi) is 4.27. The third kappa shape index (κ3) is 3.26. The predicted octanol–water partition coefficient (Wildman–Crippen LogP) is 3.79. The lowest BCUT2D eigenvalue weighted by Crippen LogP contribution is -2.14. The Hall–Kier alpha value is -1.24. The summed E-state index contributed by atoms with van der Waals surface area (Å²) in [4.78, 5) is 0.136. The molecule has 2 aromatic rings. The lowest BCUT2D eigenvalue weighted by atomic mass is 10.2. The summed E-state index contributed by atoms with van der Waals surface area (Å²) in [6.07, 6.45) is 0. The zero-order valence-electron chi connectivity index (χ0n) is 10.5. The number of nitrogen functional groups attached to an aromatic ring is 1. The van der Waals surface area contributed by atoms with Gasteiger partial charge in [-0.3, -0.25) is 4.72 Å². The molecule has 0 aromatic heterocycles. The van der Waals surface area contributed by atoms with Gasteiger partial charge in [0.2, 0.25) is 0 Å². The Morgan fingerprint density at radius 1 is 1.20 bits per heavy atom. The summed E-state index contributed by atoms with van der Waals surface area (Å²) in [7, 11) is -3.73. The predicted molar refractivity (Wildman–Crippen MR) is 85.6 cm³/mol. The van der Waals surface area contributed by atoms with E-state index in [1.807, 2.05) is 0 Å². The van der Waals surface area contributed by atoms with Gasteiger partial charge in [-0.05, 0) is 42.8 Å². The van der Waals surface area contributed by atoms with E-state index in [0.717, 1.165) is 4.47 Å². The molecule has 0 fully saturated rings. The fourth-order valence-corrected chi connectivity index (χ4v) is 3.82. The van der Waals surface area contributed by atoms with Crippen LogP contribution < -0.4 is 10.5 Å². The third-order valence-corrected chi connectivity index (χ3v) is 4.99. The molecule has 106 valence electrons. The molecule has 0 amide bonds. The SMILES string of the molecule is Cc1ccc(N)cc1S(=O)(=O)Nc1ccc(Br)cc1Cl. The monoisotopic (exact) mass is 374 g/mol. The number of halogens is 2. The average Bonchev–Trinajstić information content (AvgIpc) is 2.35. The fourth-order valence-electron chi connectivity index (χ4n) is 1.68. The van der Waals surface area contributed by atoms with Gasteiger partial charge in [-0.1, -0.05) is 33.6 Å². The molecule has 2 aromatic carbocycles. The first kappa shape index (κ1) is 15.2. The molecule has 0 radical (unpaired) electrons. The molecule has 0 aliphatic heterocycles. The third-order valence-electron chi connectivity index (χ3n) is 2.68. The Balaban J connectivity index is 2.43. The quantitative estimate of drug-likeness (QED) is 0.802. The molecular weight excluding hydrogens is 364 g/mol. The lowest BCUT2D eigenvalue weighted by molar-refractivity contribution is 0.600. The molecule has 4 nitrogen and oxygen atoms in total. The summed E-state index contributed by atoms with van der Waals surface area (Å²) in [6, 6.07) is 9.64. The highest BCUT2D eigenvalue weighted by atomic mass is 79.9. The van der Waals surface area contributed by atoms with Gasteiger partial charge in [0.15, 0.2) is 0 Å². The highest BCUT2D eigenvalue weighted by molar-refractivity contribution is 9.10. The van der Waals surface area contributed by atoms with Crippen molar-refractivity contribution in [3.05, 3.63) is 51.5 Å². The first-order valence-electron chi connectivity index (χ1n) is 5.63. The Bertz CT molecular complexity index is 763. The van der Waals surface area contributed by atoms with E-state index in [1.54, 1.807) is 37.3 Å². The van der Waals surface area contributed by atoms with E-state index in [9.17, 15) is 8.42 Å². The van der Waals surface area contributed by atoms with Gasteiger partial charge >= 0.3 is 0 Å². The molecule has 0 unspecified atom stereocenters. The maximum absolute atomic E-state index is 12.4. The van der Waals surface area contributed by atoms with Crippen LogP contribution in [0.25, 0.3) is 0 Å². The maximum Gasteiger partial charge on any atom is 0.262 e. The van der Waals surface area contributed by atoms with E-state index in [4.69, 9.17) is 17.3 Å². The molecule has 7 heteroatoms. The van der Waals surface area contributed by atoms with Crippen LogP contribution in [0.15, 0.2) is 45.8 Å². The summed E-state index contributed by atoms with van der Waals surface area (Å²) in [5, 5.41) is 0.310. The number of benzene rings is 2. The molecule has 0 saturated carbocycles. The van der Waals surface area contributed by atoms with Crippen molar-refractivity contribution in [2.24, 2.45) is 0 Å². The minimum Gasteiger partial charge on any atom is -0.399 e. The van der Waals surface area contributed by atoms with Gasteiger partial charge < -0.3 is 5.73 Å². The van der Waals surface area contributed by atoms with Crippen LogP contribution in [0.3, 0.4) is 0 Å². The second kappa shape index (κ2) is 5.63. The Morgan fingerprint density at radius 2 is 1.90 bits per heavy atom. The zero-order chi connectivity index (χ0) is 14.9. The minimum absolute atomic E-state index is 0.136. The smallest absolute Gasteiger partial charge is 0.262 e. The van der Waals surface area contributed by atoms with E-state index in [2.05, 4.69) is 20.7 Å². The van der Waals surface area contributed by atoms with Crippen LogP contribution in [0, 0.1) is 6.92 Å². The molecule has 0 aliphatic rings. The molecule has 0 heterocycles. The number of rotatable bonds is 3. The van der Waals surface area contributed by atoms with E-state index in [0.29, 0.717) is 22.0 Å². The molecule has 0 saturated heterocycles. The highest BCUT2D eigenvalue weighted by Crippen LogP contribution is 2.28. The minimum atomic E-state index is -3.73. The number of hydrogen-bond donors (Lipinski definition) is 2. The number of hydrogen-bond acceptors (Lipinski definition) is 3. The second-order valence-electron chi connectivity index (χ2n) is 4.25. The van der Waals surface area contributed by atoms with Gasteiger partial charge in [-0.25, -0.2) is 8.42 Å². The largest absolute Gasteiger partial charge is 0.399 e. The van der Waals surface area contributed by atoms with Gasteiger partial charge in [0.05, 0.1) is 15.6 Å². The maximum atomic E-state index is 12.4. The van der Waals surface area contributed by atoms with E-state index >= 15 is 0 Å². The van der Waals surface area contributed by atoms with Crippen molar-refractivity contribution in [1.29, 1.82) is 0 Å². The Labute approximate surface area is 131 Å². The zero-order valence-corrected chi connectivity index (χ0v) is 13.7. The topological polar surface area (TPSA) is 72.2 Å². The fraction of sp³-hybridized carbons (Fsp3) is 0.0769. The van der Waals surface area contributed by atoms with Crippen molar-refractivity contribution < 1.29 is 8.42 Å². The van der Waals surface area contributed by atoms with Crippen molar-refractivity contribution in [2.45, 2.75) is 11.8 Å². The van der Waals surface area contributed by atoms with E-state index in [-0.39, 0.29) is 4.90 Å². The summed E-state index contributed by atoms with van der Waals surface area (Å²) < 4.78 is 28.0. The standard InChI is InChI=1S/C13H12BrClN2O2S/c1-8-2-4-10(16)7-13(8)20(18,19)17-12-5-3-9(14)6-11(12)15/h2-7,17H,16H2,1H3. The lowest BCUT2D eigenvalue weighted by Gasteiger charge is -2.12. The van der Waals surface area contributed by atoms with Crippen LogP contribution in [0.5, 0.6) is 0 Å². The molecule has 0 aliphatic carbocycles. The van der Waals surface area contributed by atoms with Crippen molar-refractivity contribution in [1.82, 2.24) is 0 Å². The van der Waals surface area contributed by atoms with Crippen molar-refractivity contribution in [2.75, 3.05) is 10.5 Å². The van der Waals surface area contributed by atoms with Crippen molar-refractivity contribution in [3.8, 4) is 0 Å². The van der Waals surface area contributed by atoms with Crippen LogP contribution >= 0.6 is 27.5 Å². The van der Waals surface area contributed by atoms with Crippen LogP contribution in [0.1, 0.15) is 5.56 Å². The summed E-state index contributed by atoms with van der Waals surface area (Å²) in [6.45, 7) is 1.71.